The van der Waals surface area contributed by atoms with E-state index in [0.29, 0.717) is 13.2 Å². The summed E-state index contributed by atoms with van der Waals surface area (Å²) < 4.78 is 5.78. The normalized spacial score (nSPS) is 15.2. The number of hydrogen-bond acceptors (Lipinski definition) is 5. The van der Waals surface area contributed by atoms with Crippen LogP contribution in [0.25, 0.3) is 0 Å². The number of benzene rings is 2. The number of carbonyl (C=O) groups excluding carboxylic acids is 1. The number of phenols is 1. The number of halogens is 2. The molecule has 6 nitrogen and oxygen atoms in total. The van der Waals surface area contributed by atoms with E-state index in [1.807, 2.05) is 37.3 Å². The lowest BCUT2D eigenvalue weighted by Crippen LogP contribution is -2.45. The first-order valence-electron chi connectivity index (χ1n) is 10.0. The molecule has 0 radical (unpaired) electrons. The highest BCUT2D eigenvalue weighted by atomic mass is 35.5. The molecule has 0 saturated carbocycles. The van der Waals surface area contributed by atoms with Crippen molar-refractivity contribution in [2.24, 2.45) is 0 Å². The second-order valence-corrected chi connectivity index (χ2v) is 8.06. The van der Waals surface area contributed by atoms with Crippen molar-refractivity contribution in [1.29, 1.82) is 0 Å². The number of amides is 1. The third-order valence-electron chi connectivity index (χ3n) is 5.26. The van der Waals surface area contributed by atoms with Gasteiger partial charge in [0.05, 0.1) is 10.6 Å². The predicted molar refractivity (Wildman–Crippen MR) is 121 cm³/mol. The molecule has 0 atom stereocenters. The molecule has 1 fully saturated rings. The van der Waals surface area contributed by atoms with Crippen LogP contribution in [0.5, 0.6) is 11.5 Å². The van der Waals surface area contributed by atoms with Crippen LogP contribution in [0, 0.1) is 0 Å². The number of ether oxygens (including phenoxy) is 1. The molecule has 2 aromatic carbocycles. The molecule has 2 aromatic rings. The Bertz CT molecular complexity index is 872. The molecule has 0 bridgehead atoms. The van der Waals surface area contributed by atoms with Crippen molar-refractivity contribution in [2.45, 2.75) is 6.92 Å². The number of likely N-dealkylation sites (N-methyl/N-ethyl adjacent to an activating group) is 1. The average molecular weight is 452 g/mol. The largest absolute Gasteiger partial charge is 0.505 e. The van der Waals surface area contributed by atoms with E-state index in [4.69, 9.17) is 27.9 Å². The highest BCUT2D eigenvalue weighted by Gasteiger charge is 2.25. The van der Waals surface area contributed by atoms with Crippen molar-refractivity contribution in [2.75, 3.05) is 57.8 Å². The summed E-state index contributed by atoms with van der Waals surface area (Å²) in [7, 11) is 2.11. The number of anilines is 1. The van der Waals surface area contributed by atoms with Crippen molar-refractivity contribution in [1.82, 2.24) is 9.80 Å². The maximum Gasteiger partial charge on any atom is 0.262 e. The van der Waals surface area contributed by atoms with Crippen LogP contribution in [0.2, 0.25) is 10.0 Å². The van der Waals surface area contributed by atoms with Gasteiger partial charge in [-0.2, -0.15) is 0 Å². The summed E-state index contributed by atoms with van der Waals surface area (Å²) in [6.07, 6.45) is 0. The van der Waals surface area contributed by atoms with E-state index in [0.717, 1.165) is 38.4 Å². The Labute approximate surface area is 187 Å². The first-order chi connectivity index (χ1) is 14.4. The summed E-state index contributed by atoms with van der Waals surface area (Å²) in [5.41, 5.74) is 0.770. The van der Waals surface area contributed by atoms with Gasteiger partial charge in [0.25, 0.3) is 5.91 Å². The van der Waals surface area contributed by atoms with Gasteiger partial charge in [-0.25, -0.2) is 0 Å². The Kier molecular flexibility index (Phi) is 7.83. The van der Waals surface area contributed by atoms with Gasteiger partial charge in [0.15, 0.2) is 11.5 Å². The molecule has 162 valence electrons. The molecule has 0 aromatic heterocycles. The molecule has 1 saturated heterocycles. The van der Waals surface area contributed by atoms with Gasteiger partial charge in [-0.05, 0) is 32.2 Å². The summed E-state index contributed by atoms with van der Waals surface area (Å²) >= 11 is 12.7. The van der Waals surface area contributed by atoms with E-state index in [-0.39, 0.29) is 33.0 Å². The monoisotopic (exact) mass is 451 g/mol. The number of rotatable bonds is 7. The maximum atomic E-state index is 13.1. The lowest BCUT2D eigenvalue weighted by atomic mass is 10.1. The summed E-state index contributed by atoms with van der Waals surface area (Å²) in [6, 6.07) is 10.7. The molecule has 0 unspecified atom stereocenters. The van der Waals surface area contributed by atoms with Gasteiger partial charge >= 0.3 is 0 Å². The van der Waals surface area contributed by atoms with E-state index in [2.05, 4.69) is 16.8 Å². The second kappa shape index (κ2) is 10.4. The molecular weight excluding hydrogens is 425 g/mol. The molecule has 30 heavy (non-hydrogen) atoms. The Morgan fingerprint density at radius 1 is 1.17 bits per heavy atom. The zero-order valence-corrected chi connectivity index (χ0v) is 18.8. The second-order valence-electron chi connectivity index (χ2n) is 7.28. The number of piperazine rings is 1. The van der Waals surface area contributed by atoms with Gasteiger partial charge in [-0.1, -0.05) is 41.4 Å². The predicted octanol–water partition coefficient (Wildman–Crippen LogP) is 3.99. The first-order valence-corrected chi connectivity index (χ1v) is 10.8. The first kappa shape index (κ1) is 22.7. The zero-order valence-electron chi connectivity index (χ0n) is 17.3. The minimum atomic E-state index is -0.381. The van der Waals surface area contributed by atoms with Crippen molar-refractivity contribution in [3.63, 3.8) is 0 Å². The van der Waals surface area contributed by atoms with Crippen LogP contribution in [-0.4, -0.2) is 73.7 Å². The van der Waals surface area contributed by atoms with Crippen LogP contribution in [0.1, 0.15) is 17.3 Å². The van der Waals surface area contributed by atoms with Crippen LogP contribution in [0.3, 0.4) is 0 Å². The fraction of sp³-hybridized carbons (Fsp3) is 0.409. The molecule has 1 aliphatic rings. The van der Waals surface area contributed by atoms with E-state index in [1.165, 1.54) is 6.07 Å². The molecule has 0 aliphatic carbocycles. The summed E-state index contributed by atoms with van der Waals surface area (Å²) in [5.74, 6) is -0.506. The standard InChI is InChI=1S/C22H27Cl2N3O3/c1-3-27(16-7-5-4-6-8-16)22(29)17-15-18(23)21(19(24)20(17)28)30-14-13-26-11-9-25(2)10-12-26/h4-8,15,28H,3,9-14H2,1-2H3. The third kappa shape index (κ3) is 5.19. The molecule has 1 heterocycles. The Hall–Kier alpha value is -1.99. The highest BCUT2D eigenvalue weighted by Crippen LogP contribution is 2.42. The van der Waals surface area contributed by atoms with Gasteiger partial charge in [0.1, 0.15) is 11.6 Å². The van der Waals surface area contributed by atoms with E-state index in [1.54, 1.807) is 4.90 Å². The van der Waals surface area contributed by atoms with Crippen LogP contribution < -0.4 is 9.64 Å². The molecule has 3 rings (SSSR count). The average Bonchev–Trinajstić information content (AvgIpc) is 2.75. The van der Waals surface area contributed by atoms with E-state index in [9.17, 15) is 9.90 Å². The fourth-order valence-corrected chi connectivity index (χ4v) is 4.00. The molecule has 1 aliphatic heterocycles. The van der Waals surface area contributed by atoms with Crippen LogP contribution >= 0.6 is 23.2 Å². The fourth-order valence-electron chi connectivity index (χ4n) is 3.43. The Morgan fingerprint density at radius 2 is 1.83 bits per heavy atom. The van der Waals surface area contributed by atoms with Gasteiger partial charge in [0, 0.05) is 45.0 Å². The molecular formula is C22H27Cl2N3O3. The molecule has 1 N–H and O–H groups in total. The van der Waals surface area contributed by atoms with Gasteiger partial charge < -0.3 is 19.6 Å². The number of nitrogens with zero attached hydrogens (tertiary/aromatic N) is 3. The minimum Gasteiger partial charge on any atom is -0.505 e. The van der Waals surface area contributed by atoms with Gasteiger partial charge in [-0.3, -0.25) is 9.69 Å². The highest BCUT2D eigenvalue weighted by molar-refractivity contribution is 6.39. The number of para-hydroxylation sites is 1. The smallest absolute Gasteiger partial charge is 0.262 e. The minimum absolute atomic E-state index is 0.0436. The van der Waals surface area contributed by atoms with E-state index >= 15 is 0 Å². The summed E-state index contributed by atoms with van der Waals surface area (Å²) in [4.78, 5) is 19.2. The molecule has 1 amide bonds. The SMILES string of the molecule is CCN(C(=O)c1cc(Cl)c(OCCN2CCN(C)CC2)c(Cl)c1O)c1ccccc1. The lowest BCUT2D eigenvalue weighted by molar-refractivity contribution is 0.0985. The van der Waals surface area contributed by atoms with Gasteiger partial charge in [0.2, 0.25) is 0 Å². The molecule has 0 spiro atoms. The van der Waals surface area contributed by atoms with Crippen LogP contribution in [-0.2, 0) is 0 Å². The summed E-state index contributed by atoms with van der Waals surface area (Å²) in [6.45, 7) is 7.42. The lowest BCUT2D eigenvalue weighted by Gasteiger charge is -2.32. The summed E-state index contributed by atoms with van der Waals surface area (Å²) in [5, 5.41) is 10.8. The van der Waals surface area contributed by atoms with E-state index < -0.39 is 0 Å². The molecule has 8 heteroatoms. The van der Waals surface area contributed by atoms with Crippen molar-refractivity contribution in [3.8, 4) is 11.5 Å². The van der Waals surface area contributed by atoms with Gasteiger partial charge in [-0.15, -0.1) is 0 Å². The Balaban J connectivity index is 1.73. The number of hydrogen-bond donors (Lipinski definition) is 1. The number of aromatic hydroxyl groups is 1. The van der Waals surface area contributed by atoms with Crippen LogP contribution in [0.4, 0.5) is 5.69 Å². The van der Waals surface area contributed by atoms with Crippen molar-refractivity contribution >= 4 is 34.8 Å². The number of phenolic OH excluding ortho intramolecular Hbond substituents is 1. The van der Waals surface area contributed by atoms with Crippen LogP contribution in [0.15, 0.2) is 36.4 Å². The maximum absolute atomic E-state index is 13.1. The topological polar surface area (TPSA) is 56.2 Å². The Morgan fingerprint density at radius 3 is 2.47 bits per heavy atom. The zero-order chi connectivity index (χ0) is 21.7. The van der Waals surface area contributed by atoms with Crippen molar-refractivity contribution in [3.05, 3.63) is 52.0 Å². The quantitative estimate of drug-likeness (QED) is 0.689. The number of carbonyl (C=O) groups is 1. The van der Waals surface area contributed by atoms with Crippen molar-refractivity contribution < 1.29 is 14.6 Å². The third-order valence-corrected chi connectivity index (χ3v) is 5.89.